The molecule has 2 aliphatic rings. The number of morpholine rings is 1. The molecule has 1 aromatic heterocycles. The third-order valence-corrected chi connectivity index (χ3v) is 5.25. The van der Waals surface area contributed by atoms with Crippen LogP contribution < -0.4 is 5.73 Å². The van der Waals surface area contributed by atoms with Crippen molar-refractivity contribution in [1.29, 1.82) is 0 Å². The fourth-order valence-corrected chi connectivity index (χ4v) is 4.19. The monoisotopic (exact) mass is 344 g/mol. The molecule has 1 aliphatic carbocycles. The molecule has 3 rings (SSSR count). The highest BCUT2D eigenvalue weighted by molar-refractivity contribution is 7.07. The smallest absolute Gasteiger partial charge is 0.225 e. The fraction of sp³-hybridized carbons (Fsp3) is 0.688. The molecule has 124 valence electrons. The van der Waals surface area contributed by atoms with Gasteiger partial charge in [-0.25, -0.2) is 0 Å². The Bertz CT molecular complexity index is 483. The van der Waals surface area contributed by atoms with Gasteiger partial charge >= 0.3 is 0 Å². The Morgan fingerprint density at radius 1 is 1.41 bits per heavy atom. The van der Waals surface area contributed by atoms with E-state index in [-0.39, 0.29) is 42.5 Å². The van der Waals surface area contributed by atoms with Gasteiger partial charge in [-0.15, -0.1) is 12.4 Å². The van der Waals surface area contributed by atoms with E-state index in [4.69, 9.17) is 10.5 Å². The number of ether oxygens (including phenoxy) is 1. The molecule has 1 amide bonds. The van der Waals surface area contributed by atoms with Crippen molar-refractivity contribution in [3.05, 3.63) is 22.4 Å². The minimum Gasteiger partial charge on any atom is -0.367 e. The summed E-state index contributed by atoms with van der Waals surface area (Å²) >= 11 is 1.67. The van der Waals surface area contributed by atoms with Gasteiger partial charge in [-0.1, -0.05) is 6.42 Å². The quantitative estimate of drug-likeness (QED) is 0.897. The van der Waals surface area contributed by atoms with Crippen LogP contribution in [0.2, 0.25) is 0 Å². The summed E-state index contributed by atoms with van der Waals surface area (Å²) in [6.45, 7) is 3.42. The Morgan fingerprint density at radius 2 is 2.23 bits per heavy atom. The number of nitrogens with two attached hydrogens (primary N) is 1. The van der Waals surface area contributed by atoms with Crippen molar-refractivity contribution in [1.82, 2.24) is 4.90 Å². The molecule has 0 radical (unpaired) electrons. The lowest BCUT2D eigenvalue weighted by atomic mass is 9.85. The molecule has 6 heteroatoms. The Balaban J connectivity index is 0.00000176. The second kappa shape index (κ2) is 7.77. The third-order valence-electron chi connectivity index (χ3n) is 4.55. The number of hydrogen-bond acceptors (Lipinski definition) is 4. The van der Waals surface area contributed by atoms with E-state index in [2.05, 4.69) is 16.8 Å². The molecule has 1 saturated carbocycles. The van der Waals surface area contributed by atoms with Crippen LogP contribution in [0.3, 0.4) is 0 Å². The number of carbonyl (C=O) groups excluding carboxylic acids is 1. The van der Waals surface area contributed by atoms with Gasteiger partial charge in [0.05, 0.1) is 12.6 Å². The van der Waals surface area contributed by atoms with Gasteiger partial charge < -0.3 is 15.4 Å². The van der Waals surface area contributed by atoms with Gasteiger partial charge in [0.1, 0.15) is 6.10 Å². The van der Waals surface area contributed by atoms with Crippen LogP contribution in [-0.4, -0.2) is 36.0 Å². The van der Waals surface area contributed by atoms with Crippen molar-refractivity contribution in [3.8, 4) is 0 Å². The summed E-state index contributed by atoms with van der Waals surface area (Å²) in [7, 11) is 0. The maximum Gasteiger partial charge on any atom is 0.225 e. The van der Waals surface area contributed by atoms with Crippen LogP contribution in [0.1, 0.15) is 44.3 Å². The SMILES string of the molecule is CC1CN(C(=O)C2CCCC(N)C2)CC(c2ccsc2)O1.Cl. The maximum atomic E-state index is 12.8. The van der Waals surface area contributed by atoms with E-state index >= 15 is 0 Å². The molecule has 2 fully saturated rings. The van der Waals surface area contributed by atoms with E-state index < -0.39 is 0 Å². The zero-order valence-electron chi connectivity index (χ0n) is 12.9. The van der Waals surface area contributed by atoms with Gasteiger partial charge in [0, 0.05) is 18.5 Å². The van der Waals surface area contributed by atoms with Crippen LogP contribution >= 0.6 is 23.7 Å². The Labute approximate surface area is 142 Å². The second-order valence-corrected chi connectivity index (χ2v) is 7.14. The van der Waals surface area contributed by atoms with E-state index in [1.165, 1.54) is 5.56 Å². The Morgan fingerprint density at radius 3 is 2.91 bits per heavy atom. The highest BCUT2D eigenvalue weighted by Crippen LogP contribution is 2.30. The first kappa shape index (κ1) is 17.7. The molecule has 1 aromatic rings. The summed E-state index contributed by atoms with van der Waals surface area (Å²) in [5, 5.41) is 4.17. The molecule has 4 atom stereocenters. The highest BCUT2D eigenvalue weighted by Gasteiger charge is 2.34. The fourth-order valence-electron chi connectivity index (χ4n) is 3.48. The first-order chi connectivity index (χ1) is 10.1. The minimum atomic E-state index is 0. The van der Waals surface area contributed by atoms with Gasteiger partial charge in [-0.3, -0.25) is 4.79 Å². The van der Waals surface area contributed by atoms with E-state index in [0.29, 0.717) is 13.1 Å². The van der Waals surface area contributed by atoms with Crippen LogP contribution in [0, 0.1) is 5.92 Å². The number of rotatable bonds is 2. The largest absolute Gasteiger partial charge is 0.367 e. The molecule has 2 N–H and O–H groups in total. The second-order valence-electron chi connectivity index (χ2n) is 6.36. The summed E-state index contributed by atoms with van der Waals surface area (Å²) in [6.07, 6.45) is 4.06. The third kappa shape index (κ3) is 4.02. The summed E-state index contributed by atoms with van der Waals surface area (Å²) in [4.78, 5) is 14.8. The predicted molar refractivity (Wildman–Crippen MR) is 91.4 cm³/mol. The minimum absolute atomic E-state index is 0. The highest BCUT2D eigenvalue weighted by atomic mass is 35.5. The lowest BCUT2D eigenvalue weighted by Gasteiger charge is -2.39. The van der Waals surface area contributed by atoms with E-state index in [0.717, 1.165) is 25.7 Å². The standard InChI is InChI=1S/C16H24N2O2S.ClH/c1-11-8-18(9-15(20-11)13-5-6-21-10-13)16(19)12-3-2-4-14(17)7-12;/h5-6,10-12,14-15H,2-4,7-9,17H2,1H3;1H. The number of halogens is 1. The molecular weight excluding hydrogens is 320 g/mol. The number of carbonyl (C=O) groups is 1. The van der Waals surface area contributed by atoms with Crippen LogP contribution in [0.25, 0.3) is 0 Å². The van der Waals surface area contributed by atoms with Crippen molar-refractivity contribution < 1.29 is 9.53 Å². The molecule has 0 spiro atoms. The van der Waals surface area contributed by atoms with Crippen LogP contribution in [0.15, 0.2) is 16.8 Å². The van der Waals surface area contributed by atoms with Gasteiger partial charge in [0.25, 0.3) is 0 Å². The topological polar surface area (TPSA) is 55.6 Å². The number of nitrogens with zero attached hydrogens (tertiary/aromatic N) is 1. The first-order valence-corrected chi connectivity index (χ1v) is 8.79. The predicted octanol–water partition coefficient (Wildman–Crippen LogP) is 2.98. The summed E-state index contributed by atoms with van der Waals surface area (Å²) in [5.41, 5.74) is 7.22. The van der Waals surface area contributed by atoms with Crippen LogP contribution in [0.4, 0.5) is 0 Å². The molecule has 1 aliphatic heterocycles. The first-order valence-electron chi connectivity index (χ1n) is 7.85. The Hall–Kier alpha value is -0.620. The van der Waals surface area contributed by atoms with Crippen molar-refractivity contribution in [3.63, 3.8) is 0 Å². The molecule has 0 bridgehead atoms. The van der Waals surface area contributed by atoms with E-state index in [1.54, 1.807) is 11.3 Å². The molecule has 4 nitrogen and oxygen atoms in total. The average molecular weight is 345 g/mol. The van der Waals surface area contributed by atoms with Crippen molar-refractivity contribution >= 4 is 29.7 Å². The molecule has 2 heterocycles. The van der Waals surface area contributed by atoms with E-state index in [9.17, 15) is 4.79 Å². The lowest BCUT2D eigenvalue weighted by Crippen LogP contribution is -2.49. The zero-order valence-corrected chi connectivity index (χ0v) is 14.6. The molecule has 22 heavy (non-hydrogen) atoms. The van der Waals surface area contributed by atoms with Gasteiger partial charge in [-0.05, 0) is 48.6 Å². The van der Waals surface area contributed by atoms with Gasteiger partial charge in [0.2, 0.25) is 5.91 Å². The van der Waals surface area contributed by atoms with E-state index in [1.807, 2.05) is 11.8 Å². The maximum absolute atomic E-state index is 12.8. The summed E-state index contributed by atoms with van der Waals surface area (Å²) in [6, 6.07) is 2.28. The van der Waals surface area contributed by atoms with Crippen molar-refractivity contribution in [2.75, 3.05) is 13.1 Å². The number of hydrogen-bond donors (Lipinski definition) is 1. The number of amides is 1. The average Bonchev–Trinajstić information content (AvgIpc) is 3.00. The summed E-state index contributed by atoms with van der Waals surface area (Å²) < 4.78 is 6.01. The summed E-state index contributed by atoms with van der Waals surface area (Å²) in [5.74, 6) is 0.391. The van der Waals surface area contributed by atoms with Gasteiger partial charge in [-0.2, -0.15) is 11.3 Å². The van der Waals surface area contributed by atoms with Crippen LogP contribution in [-0.2, 0) is 9.53 Å². The van der Waals surface area contributed by atoms with Crippen molar-refractivity contribution in [2.24, 2.45) is 11.7 Å². The van der Waals surface area contributed by atoms with Crippen molar-refractivity contribution in [2.45, 2.75) is 50.9 Å². The van der Waals surface area contributed by atoms with Crippen LogP contribution in [0.5, 0.6) is 0 Å². The molecule has 4 unspecified atom stereocenters. The van der Waals surface area contributed by atoms with Gasteiger partial charge in [0.15, 0.2) is 0 Å². The number of thiophene rings is 1. The molecular formula is C16H25ClN2O2S. The Kier molecular flexibility index (Phi) is 6.26. The molecule has 0 aromatic carbocycles. The lowest BCUT2D eigenvalue weighted by molar-refractivity contribution is -0.150. The normalized spacial score (nSPS) is 32.4. The zero-order chi connectivity index (χ0) is 14.8. The molecule has 1 saturated heterocycles.